The van der Waals surface area contributed by atoms with Crippen molar-refractivity contribution in [3.63, 3.8) is 0 Å². The van der Waals surface area contributed by atoms with Crippen LogP contribution in [-0.2, 0) is 14.3 Å². The number of hydrogen-bond acceptors (Lipinski definition) is 4. The van der Waals surface area contributed by atoms with E-state index in [1.165, 1.54) is 26.2 Å². The van der Waals surface area contributed by atoms with E-state index in [0.29, 0.717) is 11.1 Å². The Morgan fingerprint density at radius 1 is 1.18 bits per heavy atom. The lowest BCUT2D eigenvalue weighted by Crippen LogP contribution is -2.52. The van der Waals surface area contributed by atoms with E-state index in [1.54, 1.807) is 31.2 Å². The van der Waals surface area contributed by atoms with Gasteiger partial charge in [-0.05, 0) is 67.1 Å². The maximum Gasteiger partial charge on any atom is 0.399 e. The number of methoxy groups -OCH3 is 1. The summed E-state index contributed by atoms with van der Waals surface area (Å²) < 4.78 is 45.8. The van der Waals surface area contributed by atoms with Gasteiger partial charge in [-0.1, -0.05) is 24.3 Å². The Hall–Kier alpha value is -3.07. The lowest BCUT2D eigenvalue weighted by atomic mass is 9.93. The van der Waals surface area contributed by atoms with Crippen molar-refractivity contribution in [1.82, 2.24) is 10.6 Å². The van der Waals surface area contributed by atoms with Crippen LogP contribution in [0.1, 0.15) is 47.3 Å². The highest BCUT2D eigenvalue weighted by Gasteiger charge is 2.54. The van der Waals surface area contributed by atoms with Gasteiger partial charge in [0.2, 0.25) is 5.91 Å². The van der Waals surface area contributed by atoms with Gasteiger partial charge in [-0.3, -0.25) is 9.59 Å². The highest BCUT2D eigenvalue weighted by Crippen LogP contribution is 2.38. The van der Waals surface area contributed by atoms with Crippen molar-refractivity contribution in [2.75, 3.05) is 7.11 Å². The molecule has 0 radical (unpaired) electrons. The fraction of sp³-hybridized carbons (Fsp3) is 0.348. The second-order valence-electron chi connectivity index (χ2n) is 7.95. The lowest BCUT2D eigenvalue weighted by Gasteiger charge is -2.22. The van der Waals surface area contributed by atoms with Gasteiger partial charge in [-0.25, -0.2) is 9.18 Å². The zero-order valence-corrected chi connectivity index (χ0v) is 18.9. The van der Waals surface area contributed by atoms with Crippen LogP contribution >= 0.6 is 11.6 Å². The molecule has 0 bridgehead atoms. The molecule has 1 fully saturated rings. The van der Waals surface area contributed by atoms with Crippen molar-refractivity contribution >= 4 is 29.4 Å². The number of nitrogens with one attached hydrogen (secondary N) is 2. The number of aryl methyl sites for hydroxylation is 1. The van der Waals surface area contributed by atoms with E-state index in [1.807, 2.05) is 5.32 Å². The quantitative estimate of drug-likeness (QED) is 0.456. The molecular formula is C23H22ClF3N2O4. The van der Waals surface area contributed by atoms with Crippen LogP contribution in [0.4, 0.5) is 13.2 Å². The van der Waals surface area contributed by atoms with Crippen LogP contribution < -0.4 is 10.6 Å². The first-order valence-electron chi connectivity index (χ1n) is 10.1. The molecule has 0 heterocycles. The molecule has 33 heavy (non-hydrogen) atoms. The van der Waals surface area contributed by atoms with Crippen LogP contribution in [0.3, 0.4) is 0 Å². The number of alkyl halides is 3. The fourth-order valence-electron chi connectivity index (χ4n) is 3.60. The van der Waals surface area contributed by atoms with Crippen LogP contribution in [-0.4, -0.2) is 35.8 Å². The van der Waals surface area contributed by atoms with Gasteiger partial charge in [0, 0.05) is 5.56 Å². The molecule has 0 saturated heterocycles. The Labute approximate surface area is 193 Å². The van der Waals surface area contributed by atoms with E-state index >= 15 is 4.39 Å². The van der Waals surface area contributed by atoms with Gasteiger partial charge in [0.05, 0.1) is 18.7 Å². The summed E-state index contributed by atoms with van der Waals surface area (Å²) in [6, 6.07) is 8.55. The number of benzene rings is 2. The van der Waals surface area contributed by atoms with Gasteiger partial charge in [-0.15, -0.1) is 0 Å². The molecule has 1 saturated carbocycles. The van der Waals surface area contributed by atoms with E-state index in [2.05, 4.69) is 5.32 Å². The molecule has 1 atom stereocenters. The number of hydrogen-bond donors (Lipinski definition) is 2. The molecule has 0 spiro atoms. The third-order valence-corrected chi connectivity index (χ3v) is 5.75. The maximum atomic E-state index is 15.0. The first-order valence-corrected chi connectivity index (χ1v) is 10.5. The van der Waals surface area contributed by atoms with E-state index in [4.69, 9.17) is 16.3 Å². The summed E-state index contributed by atoms with van der Waals surface area (Å²) >= 11 is 4.71. The Bertz CT molecular complexity index is 1110. The summed E-state index contributed by atoms with van der Waals surface area (Å²) in [7, 11) is 1.26. The smallest absolute Gasteiger partial charge is 0.399 e. The van der Waals surface area contributed by atoms with Crippen molar-refractivity contribution in [2.24, 2.45) is 0 Å². The fourth-order valence-corrected chi connectivity index (χ4v) is 3.65. The summed E-state index contributed by atoms with van der Waals surface area (Å²) in [4.78, 5) is 36.2. The third kappa shape index (κ3) is 5.13. The zero-order chi connectivity index (χ0) is 24.6. The second kappa shape index (κ2) is 9.05. The molecule has 176 valence electrons. The van der Waals surface area contributed by atoms with E-state index in [9.17, 15) is 23.2 Å². The van der Waals surface area contributed by atoms with Crippen LogP contribution in [0, 0.1) is 12.7 Å². The number of esters is 1. The summed E-state index contributed by atoms with van der Waals surface area (Å²) in [5.74, 6) is -3.67. The molecule has 6 nitrogen and oxygen atoms in total. The minimum Gasteiger partial charge on any atom is -0.465 e. The predicted molar refractivity (Wildman–Crippen MR) is 115 cm³/mol. The third-order valence-electron chi connectivity index (χ3n) is 5.58. The van der Waals surface area contributed by atoms with Crippen molar-refractivity contribution in [1.29, 1.82) is 0 Å². The number of carbonyl (C=O) groups is 3. The molecule has 3 rings (SSSR count). The van der Waals surface area contributed by atoms with Crippen LogP contribution in [0.25, 0.3) is 11.1 Å². The average Bonchev–Trinajstić information content (AvgIpc) is 3.52. The Balaban J connectivity index is 1.81. The molecule has 2 aromatic rings. The normalized spacial score (nSPS) is 15.4. The molecule has 1 aliphatic carbocycles. The predicted octanol–water partition coefficient (Wildman–Crippen LogP) is 4.25. The van der Waals surface area contributed by atoms with Gasteiger partial charge < -0.3 is 15.4 Å². The van der Waals surface area contributed by atoms with Gasteiger partial charge in [0.25, 0.3) is 0 Å². The van der Waals surface area contributed by atoms with Crippen LogP contribution in [0.5, 0.6) is 0 Å². The second-order valence-corrected chi connectivity index (χ2v) is 8.43. The van der Waals surface area contributed by atoms with E-state index in [0.717, 1.165) is 5.56 Å². The minimum atomic E-state index is -4.14. The minimum absolute atomic E-state index is 0.144. The zero-order valence-electron chi connectivity index (χ0n) is 18.1. The molecule has 0 aromatic heterocycles. The van der Waals surface area contributed by atoms with Crippen LogP contribution in [0.2, 0.25) is 0 Å². The summed E-state index contributed by atoms with van der Waals surface area (Å²) in [6.07, 6.45) is 0.324. The van der Waals surface area contributed by atoms with Gasteiger partial charge >= 0.3 is 17.3 Å². The molecule has 1 aliphatic rings. The van der Waals surface area contributed by atoms with Crippen molar-refractivity contribution in [2.45, 2.75) is 43.7 Å². The Kier molecular flexibility index (Phi) is 6.74. The number of carbonyl (C=O) groups excluding carboxylic acids is 3. The number of ether oxygens (including phenoxy) is 1. The molecule has 10 heteroatoms. The molecule has 2 amide bonds. The highest BCUT2D eigenvalue weighted by atomic mass is 35.5. The number of rotatable bonds is 7. The number of amides is 2. The average molecular weight is 483 g/mol. The van der Waals surface area contributed by atoms with Gasteiger partial charge in [0.1, 0.15) is 11.4 Å². The highest BCUT2D eigenvalue weighted by molar-refractivity contribution is 6.32. The lowest BCUT2D eigenvalue weighted by molar-refractivity contribution is -0.139. The molecular weight excluding hydrogens is 461 g/mol. The van der Waals surface area contributed by atoms with Crippen LogP contribution in [0.15, 0.2) is 36.4 Å². The summed E-state index contributed by atoms with van der Waals surface area (Å²) in [5.41, 5.74) is 0.653. The monoisotopic (exact) mass is 482 g/mol. The molecule has 2 N–H and O–H groups in total. The maximum absolute atomic E-state index is 15.0. The summed E-state index contributed by atoms with van der Waals surface area (Å²) in [5, 5.41) is 0.381. The van der Waals surface area contributed by atoms with Crippen molar-refractivity contribution in [3.05, 3.63) is 58.9 Å². The summed E-state index contributed by atoms with van der Waals surface area (Å²) in [6.45, 7) is 3.31. The largest absolute Gasteiger partial charge is 0.465 e. The topological polar surface area (TPSA) is 84.5 Å². The first kappa shape index (κ1) is 24.6. The van der Waals surface area contributed by atoms with E-state index in [-0.39, 0.29) is 24.0 Å². The first-order chi connectivity index (χ1) is 15.4. The Morgan fingerprint density at radius 2 is 1.85 bits per heavy atom. The Morgan fingerprint density at radius 3 is 2.39 bits per heavy atom. The SMILES string of the molecule is COC(=O)c1cccc(C)c1-c1ccc([C@@H](C)NC(=O)C2(NC(=O)C(F)(F)Cl)CC2)c(F)c1. The van der Waals surface area contributed by atoms with Crippen molar-refractivity contribution in [3.8, 4) is 11.1 Å². The molecule has 2 aromatic carbocycles. The van der Waals surface area contributed by atoms with Gasteiger partial charge in [-0.2, -0.15) is 8.78 Å². The van der Waals surface area contributed by atoms with E-state index < -0.39 is 40.6 Å². The van der Waals surface area contributed by atoms with Crippen molar-refractivity contribution < 1.29 is 32.3 Å². The standard InChI is InChI=1S/C23H22ClF3N2O4/c1-12-5-4-6-16(19(30)33-3)18(12)14-7-8-15(17(25)11-14)13(2)28-20(31)22(9-10-22)29-21(32)23(24,26)27/h4-8,11,13H,9-10H2,1-3H3,(H,28,31)(H,29,32)/t13-/m1/s1. The number of halogens is 4. The molecule has 0 aliphatic heterocycles. The molecule has 0 unspecified atom stereocenters. The van der Waals surface area contributed by atoms with Gasteiger partial charge in [0.15, 0.2) is 0 Å².